The summed E-state index contributed by atoms with van der Waals surface area (Å²) in [5, 5.41) is 60.0. The molecule has 7 atom stereocenters. The highest BCUT2D eigenvalue weighted by atomic mass is 16.3. The summed E-state index contributed by atoms with van der Waals surface area (Å²) in [5.41, 5.74) is 0. The van der Waals surface area contributed by atoms with Crippen LogP contribution in [0.1, 0.15) is 394 Å². The molecule has 0 spiro atoms. The average molecular weight is 1250 g/mol. The van der Waals surface area contributed by atoms with Gasteiger partial charge in [-0.1, -0.05) is 324 Å². The first-order valence-electron chi connectivity index (χ1n) is 39.4. The molecule has 7 unspecified atom stereocenters. The molecule has 0 aromatic carbocycles. The summed E-state index contributed by atoms with van der Waals surface area (Å²) >= 11 is 0. The zero-order valence-electron chi connectivity index (χ0n) is 59.5. The van der Waals surface area contributed by atoms with Gasteiger partial charge >= 0.3 is 0 Å². The molecule has 1 aliphatic rings. The van der Waals surface area contributed by atoms with Crippen molar-refractivity contribution in [1.82, 2.24) is 20.0 Å². The molecule has 6 N–H and O–H groups in total. The molecule has 524 valence electrons. The Morgan fingerprint density at radius 3 is 0.830 bits per heavy atom. The Bertz CT molecular complexity index is 1420. The van der Waals surface area contributed by atoms with Gasteiger partial charge < -0.3 is 35.7 Å². The van der Waals surface area contributed by atoms with Gasteiger partial charge in [-0.3, -0.25) is 19.4 Å². The van der Waals surface area contributed by atoms with E-state index in [0.717, 1.165) is 116 Å². The molecule has 1 heterocycles. The van der Waals surface area contributed by atoms with Crippen LogP contribution in [-0.2, 0) is 9.59 Å². The van der Waals surface area contributed by atoms with Gasteiger partial charge in [-0.25, -0.2) is 0 Å². The zero-order chi connectivity index (χ0) is 64.2. The van der Waals surface area contributed by atoms with Crippen molar-refractivity contribution < 1.29 is 35.1 Å². The fraction of sp³-hybridized carbons (Fsp3) is 0.974. The molecule has 1 fully saturated rings. The van der Waals surface area contributed by atoms with E-state index in [0.29, 0.717) is 65.0 Å². The topological polar surface area (TPSA) is 157 Å². The number of rotatable bonds is 70. The van der Waals surface area contributed by atoms with Gasteiger partial charge in [-0.15, -0.1) is 0 Å². The van der Waals surface area contributed by atoms with Gasteiger partial charge in [0, 0.05) is 32.7 Å². The highest BCUT2D eigenvalue weighted by molar-refractivity contribution is 5.97. The third-order valence-electron chi connectivity index (χ3n) is 19.5. The number of amides is 2. The number of carbonyl (C=O) groups excluding carboxylic acids is 2. The molecule has 11 nitrogen and oxygen atoms in total. The maximum Gasteiger partial charge on any atom is 0.245 e. The normalized spacial score (nSPS) is 16.5. The molecule has 1 saturated heterocycles. The molecular weight excluding hydrogens is 1090 g/mol. The summed E-state index contributed by atoms with van der Waals surface area (Å²) in [6.45, 7) is 15.0. The minimum atomic E-state index is -0.699. The molecular formula is C77H154N4O7. The highest BCUT2D eigenvalue weighted by Gasteiger charge is 2.40. The second kappa shape index (κ2) is 63.1. The highest BCUT2D eigenvalue weighted by Crippen LogP contribution is 2.23. The maximum atomic E-state index is 14.6. The minimum absolute atomic E-state index is 0.0961. The lowest BCUT2D eigenvalue weighted by Crippen LogP contribution is -2.64. The van der Waals surface area contributed by atoms with Crippen LogP contribution in [0.2, 0.25) is 0 Å². The number of nitrogens with one attached hydrogen (secondary N) is 1. The van der Waals surface area contributed by atoms with Crippen molar-refractivity contribution in [1.29, 1.82) is 0 Å². The van der Waals surface area contributed by atoms with E-state index in [9.17, 15) is 35.1 Å². The smallest absolute Gasteiger partial charge is 0.245 e. The third-order valence-corrected chi connectivity index (χ3v) is 19.5. The summed E-state index contributed by atoms with van der Waals surface area (Å²) in [4.78, 5) is 35.2. The molecule has 11 heteroatoms. The van der Waals surface area contributed by atoms with Gasteiger partial charge in [0.05, 0.1) is 30.5 Å². The number of β-amino-alcohol motifs (C(OH)–C–C–N with tert-alkyl or cyclic N) is 1. The summed E-state index contributed by atoms with van der Waals surface area (Å²) in [7, 11) is 0. The van der Waals surface area contributed by atoms with E-state index >= 15 is 0 Å². The van der Waals surface area contributed by atoms with Crippen LogP contribution in [0.25, 0.3) is 0 Å². The molecule has 0 radical (unpaired) electrons. The molecule has 1 rings (SSSR count). The molecule has 1 aliphatic heterocycles. The lowest BCUT2D eigenvalue weighted by molar-refractivity contribution is -0.151. The number of aliphatic hydroxyl groups excluding tert-OH is 5. The predicted octanol–water partition coefficient (Wildman–Crippen LogP) is 19.0. The second-order valence-electron chi connectivity index (χ2n) is 28.4. The van der Waals surface area contributed by atoms with Crippen molar-refractivity contribution in [2.45, 2.75) is 437 Å². The minimum Gasteiger partial charge on any atom is -0.392 e. The monoisotopic (exact) mass is 1250 g/mol. The average Bonchev–Trinajstić information content (AvgIpc) is 3.22. The predicted molar refractivity (Wildman–Crippen MR) is 377 cm³/mol. The lowest BCUT2D eigenvalue weighted by atomic mass is 9.97. The van der Waals surface area contributed by atoms with Gasteiger partial charge in [0.2, 0.25) is 11.8 Å². The molecule has 0 bridgehead atoms. The Balaban J connectivity index is 3.06. The lowest BCUT2D eigenvalue weighted by Gasteiger charge is -2.40. The van der Waals surface area contributed by atoms with E-state index in [1.165, 1.54) is 218 Å². The number of hydrogen-bond acceptors (Lipinski definition) is 9. The largest absolute Gasteiger partial charge is 0.392 e. The van der Waals surface area contributed by atoms with Crippen LogP contribution in [0.5, 0.6) is 0 Å². The van der Waals surface area contributed by atoms with Crippen molar-refractivity contribution in [3.05, 3.63) is 0 Å². The van der Waals surface area contributed by atoms with Gasteiger partial charge in [0.1, 0.15) is 12.1 Å². The van der Waals surface area contributed by atoms with E-state index in [2.05, 4.69) is 49.7 Å². The Hall–Kier alpha value is -1.34. The van der Waals surface area contributed by atoms with Crippen LogP contribution in [0.4, 0.5) is 0 Å². The Kier molecular flexibility index (Phi) is 60.7. The number of carbonyl (C=O) groups is 2. The van der Waals surface area contributed by atoms with Crippen molar-refractivity contribution in [3.63, 3.8) is 0 Å². The van der Waals surface area contributed by atoms with E-state index in [4.69, 9.17) is 0 Å². The summed E-state index contributed by atoms with van der Waals surface area (Å²) in [6, 6.07) is -1.30. The second-order valence-corrected chi connectivity index (χ2v) is 28.4. The zero-order valence-corrected chi connectivity index (χ0v) is 59.5. The van der Waals surface area contributed by atoms with E-state index in [1.54, 1.807) is 4.90 Å². The number of hydrogen-bond donors (Lipinski definition) is 6. The van der Waals surface area contributed by atoms with Crippen LogP contribution < -0.4 is 5.32 Å². The van der Waals surface area contributed by atoms with Crippen LogP contribution in [-0.4, -0.2) is 140 Å². The van der Waals surface area contributed by atoms with Crippen LogP contribution >= 0.6 is 0 Å². The van der Waals surface area contributed by atoms with Crippen molar-refractivity contribution in [2.75, 3.05) is 45.8 Å². The maximum absolute atomic E-state index is 14.6. The molecule has 0 saturated carbocycles. The van der Waals surface area contributed by atoms with E-state index in [-0.39, 0.29) is 18.4 Å². The third kappa shape index (κ3) is 51.1. The molecule has 0 aliphatic carbocycles. The first-order valence-corrected chi connectivity index (χ1v) is 39.4. The van der Waals surface area contributed by atoms with Gasteiger partial charge in [-0.05, 0) is 83.7 Å². The standard InChI is InChI=1S/C77H154N4O7/c1-6-11-16-21-26-31-36-41-46-55-69(82)64-79(65-70(83)56-47-42-37-32-27-22-17-12-7-2)62-53-51-60-74-77(88)81(68-73(86)59-50-45-40-35-30-25-20-15-10-5)75(76(87)78-74)61-52-54-63-80(66-71(84)57-48-43-38-33-28-23-18-13-8-3)67-72(85)58-49-44-39-34-29-24-19-14-9-4/h69-75,82-86H,6-68H2,1-5H3,(H,78,87). The van der Waals surface area contributed by atoms with Crippen LogP contribution in [0, 0.1) is 0 Å². The van der Waals surface area contributed by atoms with Crippen LogP contribution in [0.15, 0.2) is 0 Å². The fourth-order valence-corrected chi connectivity index (χ4v) is 13.7. The molecule has 2 amide bonds. The van der Waals surface area contributed by atoms with E-state index in [1.807, 2.05) is 0 Å². The number of nitrogens with zero attached hydrogens (tertiary/aromatic N) is 3. The fourth-order valence-electron chi connectivity index (χ4n) is 13.7. The molecule has 0 aromatic rings. The summed E-state index contributed by atoms with van der Waals surface area (Å²) in [5.74, 6) is -0.230. The van der Waals surface area contributed by atoms with Gasteiger partial charge in [-0.2, -0.15) is 0 Å². The number of unbranched alkanes of at least 4 members (excludes halogenated alkanes) is 42. The van der Waals surface area contributed by atoms with Crippen molar-refractivity contribution in [2.24, 2.45) is 0 Å². The first kappa shape index (κ1) is 84.7. The van der Waals surface area contributed by atoms with Gasteiger partial charge in [0.25, 0.3) is 0 Å². The number of piperazine rings is 1. The Labute approximate surface area is 547 Å². The SMILES string of the molecule is CCCCCCCCCCCC(O)CN(CCCCC1NC(=O)C(CCCCN(CC(O)CCCCCCCCCCC)CC(O)CCCCCCCCCCC)N(CC(O)CCCCCCCCCCC)C1=O)CC(O)CCCCCCCCCCC. The quantitative estimate of drug-likeness (QED) is 0.0326. The summed E-state index contributed by atoms with van der Waals surface area (Å²) in [6.07, 6.45) is 61.0. The Morgan fingerprint density at radius 2 is 0.557 bits per heavy atom. The van der Waals surface area contributed by atoms with Gasteiger partial charge in [0.15, 0.2) is 0 Å². The van der Waals surface area contributed by atoms with Crippen molar-refractivity contribution >= 4 is 11.8 Å². The first-order chi connectivity index (χ1) is 43.0. The number of aliphatic hydroxyl groups is 5. The van der Waals surface area contributed by atoms with E-state index < -0.39 is 42.6 Å². The van der Waals surface area contributed by atoms with Crippen molar-refractivity contribution in [3.8, 4) is 0 Å². The molecule has 0 aromatic heterocycles. The molecule has 88 heavy (non-hydrogen) atoms. The van der Waals surface area contributed by atoms with Crippen LogP contribution in [0.3, 0.4) is 0 Å². The Morgan fingerprint density at radius 1 is 0.318 bits per heavy atom. The summed E-state index contributed by atoms with van der Waals surface area (Å²) < 4.78 is 0.